The average Bonchev–Trinajstić information content (AvgIpc) is 3.16. The third kappa shape index (κ3) is 4.19. The number of benzene rings is 1. The molecule has 26 heavy (non-hydrogen) atoms. The Morgan fingerprint density at radius 1 is 1.08 bits per heavy atom. The zero-order valence-electron chi connectivity index (χ0n) is 15.4. The molecule has 1 atom stereocenters. The highest BCUT2D eigenvalue weighted by molar-refractivity contribution is 5.88. The number of hydrazine groups is 1. The molecule has 0 saturated carbocycles. The second kappa shape index (κ2) is 8.27. The summed E-state index contributed by atoms with van der Waals surface area (Å²) in [5.41, 5.74) is 6.39. The van der Waals surface area contributed by atoms with Crippen LogP contribution in [0.3, 0.4) is 0 Å². The Bertz CT molecular complexity index is 628. The van der Waals surface area contributed by atoms with Crippen molar-refractivity contribution in [3.8, 4) is 5.75 Å². The maximum atomic E-state index is 12.8. The first-order valence-corrected chi connectivity index (χ1v) is 9.02. The van der Waals surface area contributed by atoms with Gasteiger partial charge in [0.1, 0.15) is 11.8 Å². The summed E-state index contributed by atoms with van der Waals surface area (Å²) in [7, 11) is 3.66. The van der Waals surface area contributed by atoms with Gasteiger partial charge in [-0.15, -0.1) is 0 Å². The number of urea groups is 1. The number of carbonyl (C=O) groups is 2. The van der Waals surface area contributed by atoms with Crippen molar-refractivity contribution < 1.29 is 14.3 Å². The second-order valence-electron chi connectivity index (χ2n) is 6.77. The van der Waals surface area contributed by atoms with Crippen molar-refractivity contribution in [3.63, 3.8) is 0 Å². The molecule has 3 rings (SSSR count). The number of ether oxygens (including phenoxy) is 1. The minimum Gasteiger partial charge on any atom is -0.497 e. The summed E-state index contributed by atoms with van der Waals surface area (Å²) in [4.78, 5) is 31.1. The van der Waals surface area contributed by atoms with E-state index in [1.807, 2.05) is 29.2 Å². The first-order valence-electron chi connectivity index (χ1n) is 9.02. The number of hydrogen-bond acceptors (Lipinski definition) is 5. The molecule has 1 aromatic carbocycles. The monoisotopic (exact) mass is 361 g/mol. The maximum Gasteiger partial charge on any atom is 0.320 e. The van der Waals surface area contributed by atoms with Gasteiger partial charge in [-0.25, -0.2) is 4.79 Å². The van der Waals surface area contributed by atoms with Gasteiger partial charge in [-0.2, -0.15) is 0 Å². The van der Waals surface area contributed by atoms with E-state index in [1.165, 1.54) is 0 Å². The number of anilines is 1. The number of hydrogen-bond donors (Lipinski definition) is 2. The largest absolute Gasteiger partial charge is 0.497 e. The van der Waals surface area contributed by atoms with Crippen LogP contribution in [0.25, 0.3) is 0 Å². The van der Waals surface area contributed by atoms with Crippen molar-refractivity contribution >= 4 is 17.6 Å². The van der Waals surface area contributed by atoms with Crippen LogP contribution in [0.5, 0.6) is 5.75 Å². The summed E-state index contributed by atoms with van der Waals surface area (Å²) < 4.78 is 5.11. The zero-order chi connectivity index (χ0) is 18.5. The van der Waals surface area contributed by atoms with Crippen molar-refractivity contribution in [3.05, 3.63) is 24.3 Å². The highest BCUT2D eigenvalue weighted by Crippen LogP contribution is 2.20. The number of rotatable bonds is 4. The van der Waals surface area contributed by atoms with Gasteiger partial charge in [0.15, 0.2) is 0 Å². The Morgan fingerprint density at radius 2 is 1.77 bits per heavy atom. The smallest absolute Gasteiger partial charge is 0.320 e. The first-order chi connectivity index (χ1) is 12.6. The number of likely N-dealkylation sites (N-methyl/N-ethyl adjacent to an activating group) is 1. The summed E-state index contributed by atoms with van der Waals surface area (Å²) in [5.74, 6) is 0.572. The molecule has 2 aliphatic rings. The quantitative estimate of drug-likeness (QED) is 0.782. The van der Waals surface area contributed by atoms with E-state index in [0.29, 0.717) is 26.1 Å². The molecule has 8 heteroatoms. The predicted octanol–water partition coefficient (Wildman–Crippen LogP) is 0.970. The van der Waals surface area contributed by atoms with Crippen LogP contribution in [-0.4, -0.2) is 79.6 Å². The summed E-state index contributed by atoms with van der Waals surface area (Å²) in [6, 6.07) is 6.82. The van der Waals surface area contributed by atoms with E-state index >= 15 is 0 Å². The number of likely N-dealkylation sites (tertiary alicyclic amines) is 1. The third-order valence-corrected chi connectivity index (χ3v) is 5.00. The average molecular weight is 361 g/mol. The lowest BCUT2D eigenvalue weighted by atomic mass is 10.2. The predicted molar refractivity (Wildman–Crippen MR) is 99.0 cm³/mol. The molecule has 142 valence electrons. The molecular formula is C18H27N5O3. The standard InChI is InChI=1S/C18H27N5O3/c1-21-10-12-22(13-11-21)18(25)23-9-3-4-16(23)17(24)20-19-14-5-7-15(26-2)8-6-14/h5-8,16,19H,3-4,9-13H2,1-2H3,(H,20,24). The van der Waals surface area contributed by atoms with Gasteiger partial charge in [-0.1, -0.05) is 0 Å². The number of nitrogens with zero attached hydrogens (tertiary/aromatic N) is 3. The van der Waals surface area contributed by atoms with Gasteiger partial charge in [-0.05, 0) is 44.2 Å². The van der Waals surface area contributed by atoms with Crippen LogP contribution in [0.15, 0.2) is 24.3 Å². The molecule has 1 unspecified atom stereocenters. The molecule has 2 aliphatic heterocycles. The van der Waals surface area contributed by atoms with Crippen LogP contribution in [0.2, 0.25) is 0 Å². The lowest BCUT2D eigenvalue weighted by Crippen LogP contribution is -2.55. The van der Waals surface area contributed by atoms with Gasteiger partial charge >= 0.3 is 6.03 Å². The minimum absolute atomic E-state index is 0.0276. The summed E-state index contributed by atoms with van der Waals surface area (Å²) >= 11 is 0. The Kier molecular flexibility index (Phi) is 5.82. The van der Waals surface area contributed by atoms with Gasteiger partial charge < -0.3 is 19.4 Å². The summed E-state index contributed by atoms with van der Waals surface area (Å²) in [6.45, 7) is 3.80. The minimum atomic E-state index is -0.423. The summed E-state index contributed by atoms with van der Waals surface area (Å²) in [6.07, 6.45) is 1.54. The van der Waals surface area contributed by atoms with Crippen LogP contribution in [-0.2, 0) is 4.79 Å². The number of methoxy groups -OCH3 is 1. The van der Waals surface area contributed by atoms with Crippen LogP contribution >= 0.6 is 0 Å². The Hall–Kier alpha value is -2.48. The number of carbonyl (C=O) groups excluding carboxylic acids is 2. The molecular weight excluding hydrogens is 334 g/mol. The van der Waals surface area contributed by atoms with Crippen LogP contribution in [0.1, 0.15) is 12.8 Å². The van der Waals surface area contributed by atoms with Crippen LogP contribution in [0.4, 0.5) is 10.5 Å². The van der Waals surface area contributed by atoms with E-state index in [2.05, 4.69) is 22.8 Å². The fourth-order valence-electron chi connectivity index (χ4n) is 3.34. The van der Waals surface area contributed by atoms with Crippen molar-refractivity contribution in [1.82, 2.24) is 20.1 Å². The number of piperazine rings is 1. The molecule has 8 nitrogen and oxygen atoms in total. The SMILES string of the molecule is COc1ccc(NNC(=O)C2CCCN2C(=O)N2CCN(C)CC2)cc1. The van der Waals surface area contributed by atoms with Crippen molar-refractivity contribution in [2.75, 3.05) is 52.3 Å². The van der Waals surface area contributed by atoms with Crippen molar-refractivity contribution in [1.29, 1.82) is 0 Å². The molecule has 1 aromatic rings. The van der Waals surface area contributed by atoms with Gasteiger partial charge in [0, 0.05) is 32.7 Å². The van der Waals surface area contributed by atoms with Crippen LogP contribution in [0, 0.1) is 0 Å². The maximum absolute atomic E-state index is 12.8. The Morgan fingerprint density at radius 3 is 2.42 bits per heavy atom. The Labute approximate surface area is 154 Å². The fraction of sp³-hybridized carbons (Fsp3) is 0.556. The highest BCUT2D eigenvalue weighted by atomic mass is 16.5. The fourth-order valence-corrected chi connectivity index (χ4v) is 3.34. The van der Waals surface area contributed by atoms with Crippen molar-refractivity contribution in [2.24, 2.45) is 0 Å². The van der Waals surface area contributed by atoms with Crippen LogP contribution < -0.4 is 15.6 Å². The number of amides is 3. The van der Waals surface area contributed by atoms with E-state index in [1.54, 1.807) is 12.0 Å². The topological polar surface area (TPSA) is 77.1 Å². The molecule has 2 N–H and O–H groups in total. The lowest BCUT2D eigenvalue weighted by Gasteiger charge is -2.36. The normalized spacial score (nSPS) is 20.8. The molecule has 0 aromatic heterocycles. The molecule has 0 bridgehead atoms. The zero-order valence-corrected chi connectivity index (χ0v) is 15.4. The molecule has 0 spiro atoms. The van der Waals surface area contributed by atoms with Gasteiger partial charge in [0.2, 0.25) is 0 Å². The van der Waals surface area contributed by atoms with Crippen molar-refractivity contribution in [2.45, 2.75) is 18.9 Å². The molecule has 2 heterocycles. The van der Waals surface area contributed by atoms with Gasteiger partial charge in [-0.3, -0.25) is 15.6 Å². The summed E-state index contributed by atoms with van der Waals surface area (Å²) in [5, 5.41) is 0. The van der Waals surface area contributed by atoms with E-state index < -0.39 is 6.04 Å². The molecule has 2 saturated heterocycles. The third-order valence-electron chi connectivity index (χ3n) is 5.00. The van der Waals surface area contributed by atoms with Gasteiger partial charge in [0.25, 0.3) is 5.91 Å². The highest BCUT2D eigenvalue weighted by Gasteiger charge is 2.36. The van der Waals surface area contributed by atoms with E-state index in [4.69, 9.17) is 4.74 Å². The molecule has 2 fully saturated rings. The lowest BCUT2D eigenvalue weighted by molar-refractivity contribution is -0.124. The second-order valence-corrected chi connectivity index (χ2v) is 6.77. The molecule has 3 amide bonds. The van der Waals surface area contributed by atoms with E-state index in [-0.39, 0.29) is 11.9 Å². The molecule has 0 aliphatic carbocycles. The van der Waals surface area contributed by atoms with E-state index in [9.17, 15) is 9.59 Å². The van der Waals surface area contributed by atoms with Gasteiger partial charge in [0.05, 0.1) is 12.8 Å². The molecule has 0 radical (unpaired) electrons. The number of nitrogens with one attached hydrogen (secondary N) is 2. The first kappa shape index (κ1) is 18.3. The van der Waals surface area contributed by atoms with E-state index in [0.717, 1.165) is 30.9 Å². The Balaban J connectivity index is 1.54.